The molecule has 0 fully saturated rings. The molecule has 2 N–H and O–H groups in total. The number of rotatable bonds is 8. The number of para-hydroxylation sites is 1. The molecular formula is C14H23ClN2O3. The Morgan fingerprint density at radius 2 is 2.00 bits per heavy atom. The molecule has 0 saturated carbocycles. The summed E-state index contributed by atoms with van der Waals surface area (Å²) in [7, 11) is 3.31. The molecular weight excluding hydrogens is 280 g/mol. The predicted octanol–water partition coefficient (Wildman–Crippen LogP) is 1.31. The van der Waals surface area contributed by atoms with E-state index < -0.39 is 0 Å². The van der Waals surface area contributed by atoms with Crippen LogP contribution in [0.3, 0.4) is 0 Å². The van der Waals surface area contributed by atoms with Crippen molar-refractivity contribution in [3.05, 3.63) is 30.3 Å². The van der Waals surface area contributed by atoms with Crippen molar-refractivity contribution >= 4 is 18.3 Å². The topological polar surface area (TPSA) is 64.8 Å². The van der Waals surface area contributed by atoms with Crippen molar-refractivity contribution in [1.82, 2.24) is 4.90 Å². The van der Waals surface area contributed by atoms with Crippen molar-refractivity contribution in [3.63, 3.8) is 0 Å². The average molecular weight is 303 g/mol. The van der Waals surface area contributed by atoms with E-state index in [1.165, 1.54) is 0 Å². The van der Waals surface area contributed by atoms with Crippen molar-refractivity contribution in [1.29, 1.82) is 0 Å². The Bertz CT molecular complexity index is 372. The van der Waals surface area contributed by atoms with E-state index in [4.69, 9.17) is 15.2 Å². The summed E-state index contributed by atoms with van der Waals surface area (Å²) in [6.45, 7) is 1.35. The molecule has 0 aliphatic rings. The Labute approximate surface area is 126 Å². The third-order valence-corrected chi connectivity index (χ3v) is 2.86. The summed E-state index contributed by atoms with van der Waals surface area (Å²) in [6.07, 6.45) is 0.0828. The van der Waals surface area contributed by atoms with Gasteiger partial charge in [0, 0.05) is 20.7 Å². The lowest BCUT2D eigenvalue weighted by atomic mass is 10.2. The number of halogens is 1. The summed E-state index contributed by atoms with van der Waals surface area (Å²) in [6, 6.07) is 9.53. The minimum Gasteiger partial charge on any atom is -0.492 e. The van der Waals surface area contributed by atoms with E-state index in [0.717, 1.165) is 5.75 Å². The van der Waals surface area contributed by atoms with Crippen LogP contribution in [0.25, 0.3) is 0 Å². The van der Waals surface area contributed by atoms with Crippen LogP contribution in [0.15, 0.2) is 30.3 Å². The number of ether oxygens (including phenoxy) is 2. The highest BCUT2D eigenvalue weighted by molar-refractivity contribution is 5.85. The normalized spacial score (nSPS) is 11.3. The molecule has 0 aliphatic carbocycles. The van der Waals surface area contributed by atoms with Gasteiger partial charge in [-0.05, 0) is 12.1 Å². The SMILES string of the molecule is COC(CN)CC(=O)N(C)CCOc1ccccc1.Cl. The molecule has 1 atom stereocenters. The molecule has 0 aromatic heterocycles. The predicted molar refractivity (Wildman–Crippen MR) is 81.3 cm³/mol. The fraction of sp³-hybridized carbons (Fsp3) is 0.500. The number of amides is 1. The molecule has 6 heteroatoms. The smallest absolute Gasteiger partial charge is 0.225 e. The van der Waals surface area contributed by atoms with E-state index in [9.17, 15) is 4.79 Å². The van der Waals surface area contributed by atoms with Crippen molar-refractivity contribution in [2.24, 2.45) is 5.73 Å². The molecule has 0 bridgehead atoms. The standard InChI is InChI=1S/C14H22N2O3.ClH/c1-16(14(17)10-13(11-15)18-2)8-9-19-12-6-4-3-5-7-12;/h3-7,13H,8-11,15H2,1-2H3;1H. The van der Waals surface area contributed by atoms with Crippen molar-refractivity contribution in [3.8, 4) is 5.75 Å². The number of benzene rings is 1. The number of carbonyl (C=O) groups excluding carboxylic acids is 1. The number of hydrogen-bond acceptors (Lipinski definition) is 4. The van der Waals surface area contributed by atoms with Crippen LogP contribution in [-0.2, 0) is 9.53 Å². The summed E-state index contributed by atoms with van der Waals surface area (Å²) in [5.41, 5.74) is 5.49. The zero-order valence-electron chi connectivity index (χ0n) is 12.0. The lowest BCUT2D eigenvalue weighted by Crippen LogP contribution is -2.35. The number of methoxy groups -OCH3 is 1. The number of likely N-dealkylation sites (N-methyl/N-ethyl adjacent to an activating group) is 1. The largest absolute Gasteiger partial charge is 0.492 e. The van der Waals surface area contributed by atoms with Gasteiger partial charge in [-0.3, -0.25) is 4.79 Å². The Kier molecular flexibility index (Phi) is 9.80. The molecule has 1 aromatic carbocycles. The average Bonchev–Trinajstić information content (AvgIpc) is 2.45. The first kappa shape index (κ1) is 18.7. The fourth-order valence-electron chi connectivity index (χ4n) is 1.56. The Morgan fingerprint density at radius 1 is 1.35 bits per heavy atom. The van der Waals surface area contributed by atoms with Crippen LogP contribution < -0.4 is 10.5 Å². The zero-order valence-corrected chi connectivity index (χ0v) is 12.8. The summed E-state index contributed by atoms with van der Waals surface area (Å²) in [5.74, 6) is 0.814. The second-order valence-corrected chi connectivity index (χ2v) is 4.27. The maximum Gasteiger partial charge on any atom is 0.225 e. The Hall–Kier alpha value is -1.30. The molecule has 0 heterocycles. The van der Waals surface area contributed by atoms with E-state index in [1.807, 2.05) is 30.3 Å². The molecule has 0 saturated heterocycles. The minimum absolute atomic E-state index is 0. The molecule has 0 spiro atoms. The number of hydrogen-bond donors (Lipinski definition) is 1. The number of nitrogens with two attached hydrogens (primary N) is 1. The van der Waals surface area contributed by atoms with Gasteiger partial charge in [-0.25, -0.2) is 0 Å². The summed E-state index contributed by atoms with van der Waals surface area (Å²) >= 11 is 0. The van der Waals surface area contributed by atoms with Gasteiger partial charge in [0.05, 0.1) is 19.1 Å². The highest BCUT2D eigenvalue weighted by atomic mass is 35.5. The minimum atomic E-state index is -0.218. The number of nitrogens with zero attached hydrogens (tertiary/aromatic N) is 1. The van der Waals surface area contributed by atoms with Crippen LogP contribution in [0.2, 0.25) is 0 Å². The van der Waals surface area contributed by atoms with Crippen LogP contribution in [0.4, 0.5) is 0 Å². The van der Waals surface area contributed by atoms with Gasteiger partial charge in [-0.2, -0.15) is 0 Å². The molecule has 0 aliphatic heterocycles. The van der Waals surface area contributed by atoms with Gasteiger partial charge < -0.3 is 20.1 Å². The monoisotopic (exact) mass is 302 g/mol. The van der Waals surface area contributed by atoms with Crippen molar-refractivity contribution in [2.75, 3.05) is 33.9 Å². The highest BCUT2D eigenvalue weighted by Gasteiger charge is 2.15. The second kappa shape index (κ2) is 10.5. The third kappa shape index (κ3) is 6.75. The van der Waals surface area contributed by atoms with E-state index in [1.54, 1.807) is 19.1 Å². The van der Waals surface area contributed by atoms with E-state index in [0.29, 0.717) is 26.1 Å². The molecule has 5 nitrogen and oxygen atoms in total. The highest BCUT2D eigenvalue weighted by Crippen LogP contribution is 2.08. The molecule has 1 rings (SSSR count). The van der Waals surface area contributed by atoms with Gasteiger partial charge in [0.15, 0.2) is 0 Å². The summed E-state index contributed by atoms with van der Waals surface area (Å²) < 4.78 is 10.6. The molecule has 1 amide bonds. The van der Waals surface area contributed by atoms with Gasteiger partial charge in [0.1, 0.15) is 12.4 Å². The number of carbonyl (C=O) groups is 1. The first-order chi connectivity index (χ1) is 9.17. The maximum absolute atomic E-state index is 11.8. The molecule has 1 unspecified atom stereocenters. The van der Waals surface area contributed by atoms with Gasteiger partial charge >= 0.3 is 0 Å². The van der Waals surface area contributed by atoms with Gasteiger partial charge in [-0.15, -0.1) is 12.4 Å². The van der Waals surface area contributed by atoms with Crippen LogP contribution in [0.1, 0.15) is 6.42 Å². The molecule has 0 radical (unpaired) electrons. The van der Waals surface area contributed by atoms with Gasteiger partial charge in [0.25, 0.3) is 0 Å². The second-order valence-electron chi connectivity index (χ2n) is 4.27. The summed E-state index contributed by atoms with van der Waals surface area (Å²) in [5, 5.41) is 0. The first-order valence-corrected chi connectivity index (χ1v) is 6.32. The lowest BCUT2D eigenvalue weighted by molar-refractivity contribution is -0.132. The van der Waals surface area contributed by atoms with Crippen molar-refractivity contribution < 1.29 is 14.3 Å². The maximum atomic E-state index is 11.8. The molecule has 114 valence electrons. The Morgan fingerprint density at radius 3 is 2.55 bits per heavy atom. The van der Waals surface area contributed by atoms with Crippen LogP contribution in [0, 0.1) is 0 Å². The van der Waals surface area contributed by atoms with Crippen molar-refractivity contribution in [2.45, 2.75) is 12.5 Å². The van der Waals surface area contributed by atoms with E-state index >= 15 is 0 Å². The fourth-order valence-corrected chi connectivity index (χ4v) is 1.56. The van der Waals surface area contributed by atoms with Gasteiger partial charge in [0.2, 0.25) is 5.91 Å². The van der Waals surface area contributed by atoms with E-state index in [2.05, 4.69) is 0 Å². The molecule has 20 heavy (non-hydrogen) atoms. The van der Waals surface area contributed by atoms with Crippen LogP contribution >= 0.6 is 12.4 Å². The molecule has 1 aromatic rings. The van der Waals surface area contributed by atoms with Crippen LogP contribution in [0.5, 0.6) is 5.75 Å². The lowest BCUT2D eigenvalue weighted by Gasteiger charge is -2.20. The Balaban J connectivity index is 0.00000361. The quantitative estimate of drug-likeness (QED) is 0.786. The third-order valence-electron chi connectivity index (χ3n) is 2.86. The van der Waals surface area contributed by atoms with E-state index in [-0.39, 0.29) is 24.4 Å². The van der Waals surface area contributed by atoms with Crippen LogP contribution in [-0.4, -0.2) is 50.8 Å². The van der Waals surface area contributed by atoms with Gasteiger partial charge in [-0.1, -0.05) is 18.2 Å². The summed E-state index contributed by atoms with van der Waals surface area (Å²) in [4.78, 5) is 13.5. The zero-order chi connectivity index (χ0) is 14.1. The first-order valence-electron chi connectivity index (χ1n) is 6.32.